The second-order valence-electron chi connectivity index (χ2n) is 11.7. The van der Waals surface area contributed by atoms with Crippen LogP contribution in [0.3, 0.4) is 0 Å². The first-order valence-electron chi connectivity index (χ1n) is 16.2. The zero-order chi connectivity index (χ0) is 35.8. The number of benzene rings is 4. The number of rotatable bonds is 15. The summed E-state index contributed by atoms with van der Waals surface area (Å²) in [4.78, 5) is 39.3. The SMILES string of the molecule is CCN(CCN(C)C(=O)c1ccc2c(c1)nc(-c1cccc(Oc3ccc(Cl)cc3)c1)n2[C@@H](CCCN=C(N)N)C(N)=O)c1ccc(F)cc1. The van der Waals surface area contributed by atoms with Gasteiger partial charge in [0, 0.05) is 55.1 Å². The lowest BCUT2D eigenvalue weighted by atomic mass is 10.1. The van der Waals surface area contributed by atoms with Gasteiger partial charge in [0.2, 0.25) is 5.91 Å². The average Bonchev–Trinajstić information content (AvgIpc) is 3.48. The van der Waals surface area contributed by atoms with Gasteiger partial charge in [-0.1, -0.05) is 23.7 Å². The molecule has 0 saturated heterocycles. The minimum Gasteiger partial charge on any atom is -0.457 e. The number of carbonyl (C=O) groups is 2. The highest BCUT2D eigenvalue weighted by molar-refractivity contribution is 6.30. The summed E-state index contributed by atoms with van der Waals surface area (Å²) in [6.07, 6.45) is 0.829. The van der Waals surface area contributed by atoms with Gasteiger partial charge in [-0.05, 0) is 98.6 Å². The van der Waals surface area contributed by atoms with E-state index in [1.54, 1.807) is 71.1 Å². The van der Waals surface area contributed by atoms with Gasteiger partial charge in [0.25, 0.3) is 5.91 Å². The van der Waals surface area contributed by atoms with Crippen LogP contribution in [0, 0.1) is 5.82 Å². The van der Waals surface area contributed by atoms with Crippen molar-refractivity contribution in [3.63, 3.8) is 0 Å². The van der Waals surface area contributed by atoms with Crippen LogP contribution in [0.25, 0.3) is 22.4 Å². The number of halogens is 2. The number of nitrogens with zero attached hydrogens (tertiary/aromatic N) is 5. The van der Waals surface area contributed by atoms with Crippen molar-refractivity contribution in [1.82, 2.24) is 14.5 Å². The molecule has 1 atom stereocenters. The largest absolute Gasteiger partial charge is 0.457 e. The third-order valence-corrected chi connectivity index (χ3v) is 8.53. The number of imidazole rings is 1. The smallest absolute Gasteiger partial charge is 0.253 e. The Morgan fingerprint density at radius 1 is 0.960 bits per heavy atom. The first-order chi connectivity index (χ1) is 24.0. The fourth-order valence-corrected chi connectivity index (χ4v) is 5.82. The number of nitrogens with two attached hydrogens (primary N) is 3. The second kappa shape index (κ2) is 16.2. The van der Waals surface area contributed by atoms with Gasteiger partial charge in [-0.25, -0.2) is 9.37 Å². The first kappa shape index (κ1) is 35.7. The highest BCUT2D eigenvalue weighted by Crippen LogP contribution is 2.34. The van der Waals surface area contributed by atoms with Crippen LogP contribution >= 0.6 is 11.6 Å². The molecular weight excluding hydrogens is 659 g/mol. The third kappa shape index (κ3) is 8.69. The van der Waals surface area contributed by atoms with Gasteiger partial charge in [0.1, 0.15) is 29.2 Å². The number of aliphatic imine (C=N–C) groups is 1. The Hall–Kier alpha value is -5.62. The Morgan fingerprint density at radius 3 is 2.38 bits per heavy atom. The summed E-state index contributed by atoms with van der Waals surface area (Å²) in [5.41, 5.74) is 20.1. The quantitative estimate of drug-likeness (QED) is 0.0691. The summed E-state index contributed by atoms with van der Waals surface area (Å²) in [5, 5.41) is 0.592. The van der Waals surface area contributed by atoms with Crippen LogP contribution in [-0.2, 0) is 4.79 Å². The van der Waals surface area contributed by atoms with Crippen molar-refractivity contribution >= 4 is 46.1 Å². The molecule has 2 amide bonds. The Morgan fingerprint density at radius 2 is 1.70 bits per heavy atom. The van der Waals surface area contributed by atoms with Gasteiger partial charge in [-0.2, -0.15) is 0 Å². The van der Waals surface area contributed by atoms with E-state index in [0.717, 1.165) is 5.69 Å². The number of hydrogen-bond donors (Lipinski definition) is 3. The van der Waals surface area contributed by atoms with E-state index in [2.05, 4.69) is 9.89 Å². The lowest BCUT2D eigenvalue weighted by molar-refractivity contribution is -0.121. The molecule has 1 aromatic heterocycles. The van der Waals surface area contributed by atoms with Crippen LogP contribution in [0.1, 0.15) is 36.2 Å². The van der Waals surface area contributed by atoms with Crippen molar-refractivity contribution in [2.45, 2.75) is 25.8 Å². The highest BCUT2D eigenvalue weighted by atomic mass is 35.5. The van der Waals surface area contributed by atoms with E-state index in [-0.39, 0.29) is 17.7 Å². The average molecular weight is 699 g/mol. The summed E-state index contributed by atoms with van der Waals surface area (Å²) < 4.78 is 21.3. The van der Waals surface area contributed by atoms with Gasteiger partial charge in [0.05, 0.1) is 11.0 Å². The zero-order valence-corrected chi connectivity index (χ0v) is 28.7. The van der Waals surface area contributed by atoms with Crippen molar-refractivity contribution in [2.24, 2.45) is 22.2 Å². The van der Waals surface area contributed by atoms with E-state index >= 15 is 0 Å². The number of anilines is 1. The monoisotopic (exact) mass is 698 g/mol. The molecule has 6 N–H and O–H groups in total. The molecular formula is C37H40ClFN8O3. The van der Waals surface area contributed by atoms with Crippen LogP contribution in [0.2, 0.25) is 5.02 Å². The van der Waals surface area contributed by atoms with E-state index in [1.165, 1.54) is 12.1 Å². The van der Waals surface area contributed by atoms with E-state index in [9.17, 15) is 14.0 Å². The predicted octanol–water partition coefficient (Wildman–Crippen LogP) is 5.97. The zero-order valence-electron chi connectivity index (χ0n) is 27.9. The molecule has 0 fully saturated rings. The Bertz CT molecular complexity index is 1980. The number of likely N-dealkylation sites (N-methyl/N-ethyl adjacent to an activating group) is 2. The minimum absolute atomic E-state index is 0.0353. The minimum atomic E-state index is -0.791. The van der Waals surface area contributed by atoms with Crippen molar-refractivity contribution in [3.05, 3.63) is 107 Å². The van der Waals surface area contributed by atoms with Crippen molar-refractivity contribution in [1.29, 1.82) is 0 Å². The molecule has 5 rings (SSSR count). The Balaban J connectivity index is 1.47. The number of carbonyl (C=O) groups excluding carboxylic acids is 2. The first-order valence-corrected chi connectivity index (χ1v) is 16.6. The number of aromatic nitrogens is 2. The number of guanidine groups is 1. The summed E-state index contributed by atoms with van der Waals surface area (Å²) in [5.74, 6) is 0.540. The maximum Gasteiger partial charge on any atom is 0.253 e. The molecule has 260 valence electrons. The molecule has 1 heterocycles. The fourth-order valence-electron chi connectivity index (χ4n) is 5.69. The van der Waals surface area contributed by atoms with E-state index < -0.39 is 11.9 Å². The van der Waals surface area contributed by atoms with Gasteiger partial charge >= 0.3 is 0 Å². The summed E-state index contributed by atoms with van der Waals surface area (Å²) in [7, 11) is 1.74. The lowest BCUT2D eigenvalue weighted by Crippen LogP contribution is -2.36. The highest BCUT2D eigenvalue weighted by Gasteiger charge is 2.26. The van der Waals surface area contributed by atoms with Crippen LogP contribution in [0.4, 0.5) is 10.1 Å². The number of ether oxygens (including phenoxy) is 1. The maximum absolute atomic E-state index is 13.6. The van der Waals surface area contributed by atoms with Gasteiger partial charge < -0.3 is 36.3 Å². The van der Waals surface area contributed by atoms with Gasteiger partial charge in [0.15, 0.2) is 5.96 Å². The predicted molar refractivity (Wildman–Crippen MR) is 196 cm³/mol. The van der Waals surface area contributed by atoms with Crippen molar-refractivity contribution in [2.75, 3.05) is 38.1 Å². The molecule has 0 aliphatic rings. The van der Waals surface area contributed by atoms with Gasteiger partial charge in [-0.15, -0.1) is 0 Å². The molecule has 0 aliphatic carbocycles. The number of fused-ring (bicyclic) bond motifs is 1. The lowest BCUT2D eigenvalue weighted by Gasteiger charge is -2.26. The Labute approximate surface area is 295 Å². The molecule has 13 heteroatoms. The number of hydrogen-bond acceptors (Lipinski definition) is 6. The number of amides is 2. The van der Waals surface area contributed by atoms with Crippen LogP contribution in [0.15, 0.2) is 96.0 Å². The summed E-state index contributed by atoms with van der Waals surface area (Å²) in [6.45, 7) is 4.01. The standard InChI is InChI=1S/C37H40ClFN8O3/c1-3-46(28-14-12-27(39)13-15-28)21-20-45(2)36(49)25-9-18-32-31(23-25)44-35(47(32)33(34(40)48)8-5-19-43-37(41)42)24-6-4-7-30(22-24)50-29-16-10-26(38)11-17-29/h4,6-7,9-18,22-23,33H,3,5,8,19-21H2,1-2H3,(H2,40,48)(H4,41,42,43)/t33-/m0/s1. The molecule has 0 aliphatic heterocycles. The second-order valence-corrected chi connectivity index (χ2v) is 12.2. The fraction of sp³-hybridized carbons (Fsp3) is 0.243. The van der Waals surface area contributed by atoms with Crippen molar-refractivity contribution < 1.29 is 18.7 Å². The molecule has 50 heavy (non-hydrogen) atoms. The Kier molecular flexibility index (Phi) is 11.6. The topological polar surface area (TPSA) is 158 Å². The van der Waals surface area contributed by atoms with E-state index in [0.29, 0.717) is 83.5 Å². The molecule has 0 unspecified atom stereocenters. The molecule has 0 spiro atoms. The van der Waals surface area contributed by atoms with Crippen LogP contribution in [-0.4, -0.2) is 65.5 Å². The van der Waals surface area contributed by atoms with E-state index in [4.69, 9.17) is 38.5 Å². The van der Waals surface area contributed by atoms with Crippen molar-refractivity contribution in [3.8, 4) is 22.9 Å². The summed E-state index contributed by atoms with van der Waals surface area (Å²) in [6, 6.07) is 25.1. The van der Waals surface area contributed by atoms with Crippen LogP contribution < -0.4 is 26.8 Å². The molecule has 0 saturated carbocycles. The van der Waals surface area contributed by atoms with E-state index in [1.807, 2.05) is 31.2 Å². The molecule has 4 aromatic carbocycles. The molecule has 11 nitrogen and oxygen atoms in total. The van der Waals surface area contributed by atoms with Crippen LogP contribution in [0.5, 0.6) is 11.5 Å². The normalized spacial score (nSPS) is 11.6. The number of primary amides is 1. The molecule has 0 bridgehead atoms. The van der Waals surface area contributed by atoms with Gasteiger partial charge in [-0.3, -0.25) is 14.6 Å². The summed E-state index contributed by atoms with van der Waals surface area (Å²) >= 11 is 6.04. The molecule has 0 radical (unpaired) electrons. The molecule has 5 aromatic rings. The maximum atomic E-state index is 13.6. The third-order valence-electron chi connectivity index (χ3n) is 8.27.